The number of nitrogens with zero attached hydrogens (tertiary/aromatic N) is 2. The molecular weight excluding hydrogens is 662 g/mol. The van der Waals surface area contributed by atoms with Crippen molar-refractivity contribution in [3.63, 3.8) is 0 Å². The minimum absolute atomic E-state index is 0.101. The number of ether oxygens (including phenoxy) is 3. The Morgan fingerprint density at radius 1 is 1.12 bits per heavy atom. The smallest absolute Gasteiger partial charge is 0.329 e. The number of aromatic nitrogens is 1. The predicted octanol–water partition coefficient (Wildman–Crippen LogP) is 8.44. The Kier molecular flexibility index (Phi) is 9.60. The van der Waals surface area contributed by atoms with Gasteiger partial charge in [0.15, 0.2) is 11.5 Å². The second kappa shape index (κ2) is 14.1. The number of hydrogen-bond acceptors (Lipinski definition) is 7. The number of nitrogens with one attached hydrogen (secondary N) is 1. The van der Waals surface area contributed by atoms with E-state index in [0.29, 0.717) is 48.8 Å². The van der Waals surface area contributed by atoms with Gasteiger partial charge in [0.25, 0.3) is 0 Å². The van der Waals surface area contributed by atoms with E-state index >= 15 is 0 Å². The van der Waals surface area contributed by atoms with Crippen LogP contribution in [-0.4, -0.2) is 65.5 Å². The van der Waals surface area contributed by atoms with Crippen molar-refractivity contribution < 1.29 is 24.1 Å². The number of carbonyl (C=O) groups is 1. The van der Waals surface area contributed by atoms with Crippen LogP contribution in [0.2, 0.25) is 5.02 Å². The summed E-state index contributed by atoms with van der Waals surface area (Å²) in [6.45, 7) is 9.10. The molecule has 5 aliphatic rings. The highest BCUT2D eigenvalue weighted by atomic mass is 35.5. The number of fused-ring (bicyclic) bond motifs is 4. The van der Waals surface area contributed by atoms with Crippen LogP contribution in [0.15, 0.2) is 48.7 Å². The van der Waals surface area contributed by atoms with Crippen molar-refractivity contribution in [2.24, 2.45) is 11.8 Å². The van der Waals surface area contributed by atoms with Crippen molar-refractivity contribution in [3.8, 4) is 17.2 Å². The minimum Gasteiger partial charge on any atom is -0.493 e. The van der Waals surface area contributed by atoms with Crippen molar-refractivity contribution in [2.75, 3.05) is 38.2 Å². The molecule has 1 saturated carbocycles. The summed E-state index contributed by atoms with van der Waals surface area (Å²) in [5.74, 6) is 2.99. The Labute approximate surface area is 307 Å². The number of carboxylic acids is 1. The number of pyridine rings is 1. The van der Waals surface area contributed by atoms with E-state index in [1.54, 1.807) is 0 Å². The lowest BCUT2D eigenvalue weighted by atomic mass is 9.59. The first-order chi connectivity index (χ1) is 24.7. The molecule has 0 bridgehead atoms. The van der Waals surface area contributed by atoms with Gasteiger partial charge in [0.1, 0.15) is 17.4 Å². The van der Waals surface area contributed by atoms with E-state index in [1.807, 2.05) is 36.5 Å². The van der Waals surface area contributed by atoms with Crippen LogP contribution in [0.25, 0.3) is 0 Å². The van der Waals surface area contributed by atoms with Crippen molar-refractivity contribution in [3.05, 3.63) is 76.1 Å². The maximum Gasteiger partial charge on any atom is 0.329 e. The van der Waals surface area contributed by atoms with Crippen LogP contribution in [0, 0.1) is 11.8 Å². The molecule has 2 fully saturated rings. The molecular formula is C42H52ClN3O5. The number of anilines is 1. The number of likely N-dealkylation sites (tertiary alicyclic amines) is 1. The second-order valence-electron chi connectivity index (χ2n) is 16.2. The molecule has 0 radical (unpaired) electrons. The fourth-order valence-electron chi connectivity index (χ4n) is 9.84. The average molecular weight is 714 g/mol. The largest absolute Gasteiger partial charge is 0.493 e. The van der Waals surface area contributed by atoms with E-state index in [4.69, 9.17) is 25.8 Å². The summed E-state index contributed by atoms with van der Waals surface area (Å²) in [6.07, 6.45) is 12.0. The van der Waals surface area contributed by atoms with Gasteiger partial charge >= 0.3 is 5.97 Å². The van der Waals surface area contributed by atoms with E-state index < -0.39 is 11.5 Å². The summed E-state index contributed by atoms with van der Waals surface area (Å²) in [7, 11) is 0. The van der Waals surface area contributed by atoms with Crippen molar-refractivity contribution >= 4 is 23.3 Å². The summed E-state index contributed by atoms with van der Waals surface area (Å²) in [6, 6.07) is 14.0. The summed E-state index contributed by atoms with van der Waals surface area (Å²) in [5.41, 5.74) is 4.64. The zero-order valence-corrected chi connectivity index (χ0v) is 30.9. The van der Waals surface area contributed by atoms with E-state index in [9.17, 15) is 9.90 Å². The number of aryl methyl sites for hydroxylation is 1. The van der Waals surface area contributed by atoms with E-state index in [0.717, 1.165) is 81.1 Å². The molecule has 4 atom stereocenters. The third-order valence-corrected chi connectivity index (χ3v) is 13.0. The molecule has 1 saturated heterocycles. The van der Waals surface area contributed by atoms with Gasteiger partial charge in [0.2, 0.25) is 0 Å². The van der Waals surface area contributed by atoms with Crippen LogP contribution in [0.1, 0.15) is 99.9 Å². The zero-order valence-electron chi connectivity index (χ0n) is 30.1. The maximum atomic E-state index is 13.0. The second-order valence-corrected chi connectivity index (χ2v) is 16.6. The highest BCUT2D eigenvalue weighted by molar-refractivity contribution is 6.30. The normalized spacial score (nSPS) is 29.0. The quantitative estimate of drug-likeness (QED) is 0.216. The zero-order chi connectivity index (χ0) is 35.2. The minimum atomic E-state index is -1.07. The van der Waals surface area contributed by atoms with E-state index in [-0.39, 0.29) is 11.5 Å². The van der Waals surface area contributed by atoms with Crippen LogP contribution >= 0.6 is 11.6 Å². The molecule has 51 heavy (non-hydrogen) atoms. The van der Waals surface area contributed by atoms with Crippen LogP contribution in [0.3, 0.4) is 0 Å². The fraction of sp³-hybridized carbons (Fsp3) is 0.571. The molecule has 8 rings (SSSR count). The first-order valence-corrected chi connectivity index (χ1v) is 19.7. The molecule has 0 unspecified atom stereocenters. The van der Waals surface area contributed by atoms with Crippen LogP contribution < -0.4 is 19.5 Å². The predicted molar refractivity (Wildman–Crippen MR) is 200 cm³/mol. The van der Waals surface area contributed by atoms with E-state index in [1.165, 1.54) is 41.6 Å². The Morgan fingerprint density at radius 2 is 1.96 bits per heavy atom. The number of halogens is 1. The first kappa shape index (κ1) is 34.6. The lowest BCUT2D eigenvalue weighted by Crippen LogP contribution is -2.53. The third kappa shape index (κ3) is 6.79. The molecule has 9 heteroatoms. The SMILES string of the molecule is C[C@@H](COc1ccnc2c1[C@H](C)CCC2)C[C@H]1Cc2cc3c(cc2C12CCC(Nc1cccc(Cl)c1)(C(=O)O)CC2)O[C@@H](CN1CCC1)CCO3. The summed E-state index contributed by atoms with van der Waals surface area (Å²) < 4.78 is 19.7. The molecule has 8 nitrogen and oxygen atoms in total. The molecule has 1 spiro atoms. The molecule has 3 aliphatic carbocycles. The number of hydrogen-bond donors (Lipinski definition) is 2. The highest BCUT2D eigenvalue weighted by Gasteiger charge is 2.54. The van der Waals surface area contributed by atoms with E-state index in [2.05, 4.69) is 41.2 Å². The number of carboxylic acid groups (broad SMARTS) is 1. The molecule has 2 aromatic carbocycles. The number of rotatable bonds is 10. The molecule has 0 amide bonds. The third-order valence-electron chi connectivity index (χ3n) is 12.8. The van der Waals surface area contributed by atoms with Crippen LogP contribution in [-0.2, 0) is 23.1 Å². The monoisotopic (exact) mass is 713 g/mol. The number of benzene rings is 2. The van der Waals surface area contributed by atoms with Gasteiger partial charge in [0.05, 0.1) is 13.2 Å². The summed E-state index contributed by atoms with van der Waals surface area (Å²) in [4.78, 5) is 20.2. The Hall–Kier alpha value is -3.49. The lowest BCUT2D eigenvalue weighted by Gasteiger charge is -2.47. The van der Waals surface area contributed by atoms with Crippen molar-refractivity contribution in [2.45, 2.75) is 107 Å². The molecule has 272 valence electrons. The van der Waals surface area contributed by atoms with Crippen molar-refractivity contribution in [1.82, 2.24) is 9.88 Å². The van der Waals surface area contributed by atoms with Gasteiger partial charge in [-0.3, -0.25) is 9.88 Å². The Bertz CT molecular complexity index is 1750. The topological polar surface area (TPSA) is 93.2 Å². The van der Waals surface area contributed by atoms with Gasteiger partial charge in [-0.2, -0.15) is 0 Å². The first-order valence-electron chi connectivity index (χ1n) is 19.3. The fourth-order valence-corrected chi connectivity index (χ4v) is 10.0. The number of aliphatic carboxylic acids is 1. The molecule has 2 N–H and O–H groups in total. The molecule has 3 heterocycles. The lowest BCUT2D eigenvalue weighted by molar-refractivity contribution is -0.144. The molecule has 1 aromatic heterocycles. The molecule has 3 aromatic rings. The molecule has 2 aliphatic heterocycles. The van der Waals surface area contributed by atoms with Crippen LogP contribution in [0.4, 0.5) is 5.69 Å². The standard InChI is InChI=1S/C42H52ClN3O5/c1-27(26-50-36-10-16-44-35-9-3-6-28(2)39(35)36)20-30-21-29-22-37-38(51-33(11-19-49-37)25-46-17-5-18-46)24-34(29)41(30)12-14-42(15-13-41,40(47)48)45-32-8-4-7-31(43)23-32/h4,7-8,10,16,22-24,27-28,30,33,45H,3,5-6,9,11-15,17-21,25-26H2,1-2H3,(H,47,48)/t27-,28-,30+,33-,41?,42?/m1/s1. The average Bonchev–Trinajstić information content (AvgIpc) is 3.22. The van der Waals surface area contributed by atoms with Gasteiger partial charge < -0.3 is 24.6 Å². The van der Waals surface area contributed by atoms with Gasteiger partial charge in [-0.15, -0.1) is 0 Å². The van der Waals surface area contributed by atoms with Gasteiger partial charge in [-0.1, -0.05) is 31.5 Å². The summed E-state index contributed by atoms with van der Waals surface area (Å²) in [5, 5.41) is 14.7. The highest BCUT2D eigenvalue weighted by Crippen LogP contribution is 2.58. The van der Waals surface area contributed by atoms with Gasteiger partial charge in [-0.05, 0) is 148 Å². The Morgan fingerprint density at radius 3 is 2.73 bits per heavy atom. The maximum absolute atomic E-state index is 13.0. The van der Waals surface area contributed by atoms with Crippen molar-refractivity contribution in [1.29, 1.82) is 0 Å². The van der Waals surface area contributed by atoms with Gasteiger partial charge in [-0.25, -0.2) is 4.79 Å². The summed E-state index contributed by atoms with van der Waals surface area (Å²) >= 11 is 6.31. The Balaban J connectivity index is 1.06. The van der Waals surface area contributed by atoms with Crippen LogP contribution in [0.5, 0.6) is 17.2 Å². The van der Waals surface area contributed by atoms with Gasteiger partial charge in [0, 0.05) is 41.1 Å².